The van der Waals surface area contributed by atoms with Crippen molar-refractivity contribution in [3.63, 3.8) is 0 Å². The number of carboxylic acid groups (broad SMARTS) is 1. The van der Waals surface area contributed by atoms with Crippen molar-refractivity contribution in [3.8, 4) is 57.0 Å². The zero-order chi connectivity index (χ0) is 38.4. The van der Waals surface area contributed by atoms with Crippen LogP contribution < -0.4 is 11.1 Å². The lowest BCUT2D eigenvalue weighted by atomic mass is 10.00. The number of pyridine rings is 2. The molecule has 7 rings (SSSR count). The fraction of sp³-hybridized carbons (Fsp3) is 0.0488. The zero-order valence-electron chi connectivity index (χ0n) is 28.4. The molecule has 5 aromatic carbocycles. The SMILES string of the molecule is CC.O=C(O)/C=C/c1cn(-c2ccc(O)cc2)c(=O)c2c(O)cc(O)cc12.O=c1c2ccc(O)cc2c(-c2ccc(O)cc2)cn1-c1ccc(O)cc1. The van der Waals surface area contributed by atoms with Gasteiger partial charge in [0.2, 0.25) is 0 Å². The monoisotopic (exact) mass is 714 g/mol. The Bertz CT molecular complexity index is 2590. The molecule has 0 bridgehead atoms. The third-order valence-electron chi connectivity index (χ3n) is 7.95. The van der Waals surface area contributed by atoms with Crippen LogP contribution in [0.15, 0.2) is 131 Å². The molecule has 2 heterocycles. The quantitative estimate of drug-likeness (QED) is 0.0910. The van der Waals surface area contributed by atoms with Crippen LogP contribution in [-0.2, 0) is 4.79 Å². The Morgan fingerprint density at radius 3 is 1.58 bits per heavy atom. The van der Waals surface area contributed by atoms with E-state index in [9.17, 15) is 45.0 Å². The molecule has 2 aromatic heterocycles. The van der Waals surface area contributed by atoms with Crippen LogP contribution in [0.5, 0.6) is 34.5 Å². The van der Waals surface area contributed by atoms with E-state index in [1.807, 2.05) is 13.8 Å². The molecule has 268 valence electrons. The molecular weight excluding hydrogens is 680 g/mol. The first-order valence-electron chi connectivity index (χ1n) is 16.2. The van der Waals surface area contributed by atoms with E-state index in [0.29, 0.717) is 27.7 Å². The number of benzene rings is 5. The second kappa shape index (κ2) is 15.6. The number of phenolic OH excluding ortho intramolecular Hbond substituents is 6. The van der Waals surface area contributed by atoms with Crippen molar-refractivity contribution in [1.29, 1.82) is 0 Å². The first kappa shape index (κ1) is 36.8. The highest BCUT2D eigenvalue weighted by molar-refractivity contribution is 5.98. The average Bonchev–Trinajstić information content (AvgIpc) is 3.14. The summed E-state index contributed by atoms with van der Waals surface area (Å²) in [6.45, 7) is 4.00. The molecule has 0 aliphatic heterocycles. The minimum atomic E-state index is -1.18. The lowest BCUT2D eigenvalue weighted by Crippen LogP contribution is -2.18. The molecule has 0 unspecified atom stereocenters. The summed E-state index contributed by atoms with van der Waals surface area (Å²) in [6.07, 6.45) is 5.25. The Morgan fingerprint density at radius 2 is 1.04 bits per heavy atom. The number of hydrogen-bond acceptors (Lipinski definition) is 9. The summed E-state index contributed by atoms with van der Waals surface area (Å²) in [6, 6.07) is 25.7. The minimum Gasteiger partial charge on any atom is -0.508 e. The Hall–Kier alpha value is -7.47. The fourth-order valence-corrected chi connectivity index (χ4v) is 5.56. The number of phenols is 6. The second-order valence-electron chi connectivity index (χ2n) is 11.3. The van der Waals surface area contributed by atoms with Gasteiger partial charge in [-0.15, -0.1) is 0 Å². The van der Waals surface area contributed by atoms with Crippen molar-refractivity contribution in [2.24, 2.45) is 0 Å². The number of aliphatic carboxylic acids is 1. The van der Waals surface area contributed by atoms with Crippen molar-refractivity contribution in [2.45, 2.75) is 13.8 Å². The molecule has 0 aliphatic rings. The largest absolute Gasteiger partial charge is 0.508 e. The molecule has 53 heavy (non-hydrogen) atoms. The Labute approximate surface area is 301 Å². The average molecular weight is 715 g/mol. The molecule has 0 fully saturated rings. The van der Waals surface area contributed by atoms with Crippen LogP contribution in [0.4, 0.5) is 0 Å². The predicted molar refractivity (Wildman–Crippen MR) is 203 cm³/mol. The molecule has 0 saturated heterocycles. The summed E-state index contributed by atoms with van der Waals surface area (Å²) in [5.74, 6) is -1.50. The number of aromatic hydroxyl groups is 6. The van der Waals surface area contributed by atoms with Gasteiger partial charge in [-0.3, -0.25) is 18.7 Å². The van der Waals surface area contributed by atoms with Gasteiger partial charge in [0.05, 0.1) is 5.39 Å². The van der Waals surface area contributed by atoms with Gasteiger partial charge in [0.25, 0.3) is 11.1 Å². The Morgan fingerprint density at radius 1 is 0.547 bits per heavy atom. The van der Waals surface area contributed by atoms with Gasteiger partial charge in [0, 0.05) is 57.6 Å². The lowest BCUT2D eigenvalue weighted by molar-refractivity contribution is -0.131. The standard InChI is InChI=1S/C21H15NO4.C18H13NO6.C2H6/c23-15-5-1-13(2-6-15)20-12-22(14-3-7-16(24)8-4-14)21(26)18-10-9-17(25)11-19(18)20;20-12-4-2-11(3-5-12)19-9-10(1-6-16(23)24)14-7-13(21)8-15(22)17(14)18(19)25;1-2/h1-12,23-25H;1-9,20-22H,(H,23,24);1-2H3/b;6-1+;. The number of hydrogen-bond donors (Lipinski definition) is 7. The summed E-state index contributed by atoms with van der Waals surface area (Å²) >= 11 is 0. The van der Waals surface area contributed by atoms with Gasteiger partial charge >= 0.3 is 5.97 Å². The highest BCUT2D eigenvalue weighted by Crippen LogP contribution is 2.32. The van der Waals surface area contributed by atoms with Crippen molar-refractivity contribution in [1.82, 2.24) is 9.13 Å². The summed E-state index contributed by atoms with van der Waals surface area (Å²) < 4.78 is 2.72. The van der Waals surface area contributed by atoms with Gasteiger partial charge < -0.3 is 35.7 Å². The van der Waals surface area contributed by atoms with E-state index in [-0.39, 0.29) is 45.1 Å². The molecule has 7 N–H and O–H groups in total. The van der Waals surface area contributed by atoms with Crippen molar-refractivity contribution in [2.75, 3.05) is 0 Å². The van der Waals surface area contributed by atoms with E-state index in [0.717, 1.165) is 23.3 Å². The topological polar surface area (TPSA) is 203 Å². The van der Waals surface area contributed by atoms with E-state index in [1.54, 1.807) is 54.7 Å². The van der Waals surface area contributed by atoms with E-state index in [2.05, 4.69) is 0 Å². The molecule has 0 atom stereocenters. The van der Waals surface area contributed by atoms with Crippen LogP contribution >= 0.6 is 0 Å². The van der Waals surface area contributed by atoms with Gasteiger partial charge in [-0.25, -0.2) is 4.79 Å². The van der Waals surface area contributed by atoms with Gasteiger partial charge in [-0.2, -0.15) is 0 Å². The third kappa shape index (κ3) is 7.97. The molecule has 0 amide bonds. The summed E-state index contributed by atoms with van der Waals surface area (Å²) in [5, 5.41) is 68.2. The number of carbonyl (C=O) groups is 1. The van der Waals surface area contributed by atoms with Gasteiger partial charge in [0.1, 0.15) is 34.5 Å². The predicted octanol–water partition coefficient (Wildman–Crippen LogP) is 7.01. The highest BCUT2D eigenvalue weighted by atomic mass is 16.4. The van der Waals surface area contributed by atoms with Crippen molar-refractivity contribution >= 4 is 33.6 Å². The number of nitrogens with zero attached hydrogens (tertiary/aromatic N) is 2. The van der Waals surface area contributed by atoms with Gasteiger partial charge in [-0.05, 0) is 102 Å². The third-order valence-corrected chi connectivity index (χ3v) is 7.95. The van der Waals surface area contributed by atoms with E-state index < -0.39 is 17.3 Å². The maximum atomic E-state index is 12.9. The van der Waals surface area contributed by atoms with E-state index in [4.69, 9.17) is 5.11 Å². The summed E-state index contributed by atoms with van der Waals surface area (Å²) in [7, 11) is 0. The maximum Gasteiger partial charge on any atom is 0.328 e. The van der Waals surface area contributed by atoms with Gasteiger partial charge in [0.15, 0.2) is 0 Å². The Kier molecular flexibility index (Phi) is 10.8. The molecule has 0 spiro atoms. The normalized spacial score (nSPS) is 10.8. The number of carboxylic acids is 1. The number of rotatable bonds is 5. The molecule has 0 aliphatic carbocycles. The fourth-order valence-electron chi connectivity index (χ4n) is 5.56. The van der Waals surface area contributed by atoms with Crippen LogP contribution in [0, 0.1) is 0 Å². The van der Waals surface area contributed by atoms with Crippen molar-refractivity contribution in [3.05, 3.63) is 148 Å². The lowest BCUT2D eigenvalue weighted by Gasteiger charge is -2.13. The molecule has 0 saturated carbocycles. The van der Waals surface area contributed by atoms with Crippen LogP contribution in [0.3, 0.4) is 0 Å². The maximum absolute atomic E-state index is 12.9. The number of fused-ring (bicyclic) bond motifs is 2. The molecule has 7 aromatic rings. The molecule has 12 heteroatoms. The van der Waals surface area contributed by atoms with Crippen LogP contribution in [0.25, 0.3) is 50.1 Å². The highest BCUT2D eigenvalue weighted by Gasteiger charge is 2.15. The second-order valence-corrected chi connectivity index (χ2v) is 11.3. The molecular formula is C41H34N2O10. The van der Waals surface area contributed by atoms with Gasteiger partial charge in [-0.1, -0.05) is 26.0 Å². The van der Waals surface area contributed by atoms with Crippen LogP contribution in [-0.4, -0.2) is 50.8 Å². The van der Waals surface area contributed by atoms with Crippen LogP contribution in [0.2, 0.25) is 0 Å². The number of aromatic nitrogens is 2. The van der Waals surface area contributed by atoms with Crippen LogP contribution in [0.1, 0.15) is 19.4 Å². The summed E-state index contributed by atoms with van der Waals surface area (Å²) in [5.41, 5.74) is 2.11. The van der Waals surface area contributed by atoms with E-state index >= 15 is 0 Å². The first-order chi connectivity index (χ1) is 25.4. The molecule has 0 radical (unpaired) electrons. The molecule has 12 nitrogen and oxygen atoms in total. The van der Waals surface area contributed by atoms with Crippen molar-refractivity contribution < 1.29 is 40.5 Å². The first-order valence-corrected chi connectivity index (χ1v) is 16.2. The smallest absolute Gasteiger partial charge is 0.328 e. The zero-order valence-corrected chi connectivity index (χ0v) is 28.4. The minimum absolute atomic E-state index is 0.0244. The Balaban J connectivity index is 0.000000196. The summed E-state index contributed by atoms with van der Waals surface area (Å²) in [4.78, 5) is 36.5. The van der Waals surface area contributed by atoms with E-state index in [1.165, 1.54) is 69.9 Å².